The molecule has 0 atom stereocenters. The zero-order valence-electron chi connectivity index (χ0n) is 13.5. The van der Waals surface area contributed by atoms with Crippen LogP contribution in [0.3, 0.4) is 0 Å². The van der Waals surface area contributed by atoms with E-state index in [-0.39, 0.29) is 25.3 Å². The number of hydrogen-bond acceptors (Lipinski definition) is 6. The smallest absolute Gasteiger partial charge is 0.323 e. The van der Waals surface area contributed by atoms with Crippen molar-refractivity contribution in [2.45, 2.75) is 33.6 Å². The van der Waals surface area contributed by atoms with Crippen molar-refractivity contribution in [3.63, 3.8) is 0 Å². The highest BCUT2D eigenvalue weighted by atomic mass is 16.6. The van der Waals surface area contributed by atoms with Gasteiger partial charge in [0.1, 0.15) is 0 Å². The third-order valence-electron chi connectivity index (χ3n) is 3.51. The first-order chi connectivity index (χ1) is 10.8. The predicted molar refractivity (Wildman–Crippen MR) is 82.8 cm³/mol. The number of ether oxygens (including phenoxy) is 2. The number of aryl methyl sites for hydroxylation is 1. The van der Waals surface area contributed by atoms with Gasteiger partial charge in [-0.3, -0.25) is 19.7 Å². The summed E-state index contributed by atoms with van der Waals surface area (Å²) < 4.78 is 9.97. The fourth-order valence-corrected chi connectivity index (χ4v) is 2.05. The Morgan fingerprint density at radius 1 is 1.09 bits per heavy atom. The molecule has 0 amide bonds. The Bertz CT molecular complexity index is 548. The second kappa shape index (κ2) is 8.26. The molecule has 0 aliphatic heterocycles. The molecule has 0 unspecified atom stereocenters. The fraction of sp³-hybridized carbons (Fsp3) is 0.500. The number of rotatable bonds is 8. The Morgan fingerprint density at radius 2 is 1.57 bits per heavy atom. The van der Waals surface area contributed by atoms with E-state index in [1.807, 2.05) is 0 Å². The van der Waals surface area contributed by atoms with E-state index >= 15 is 0 Å². The largest absolute Gasteiger partial charge is 0.465 e. The van der Waals surface area contributed by atoms with Crippen LogP contribution in [0.5, 0.6) is 0 Å². The Labute approximate surface area is 134 Å². The van der Waals surface area contributed by atoms with Gasteiger partial charge in [-0.15, -0.1) is 0 Å². The molecule has 7 heteroatoms. The lowest BCUT2D eigenvalue weighted by molar-refractivity contribution is -0.384. The van der Waals surface area contributed by atoms with E-state index in [0.717, 1.165) is 5.56 Å². The predicted octanol–water partition coefficient (Wildman–Crippen LogP) is 2.66. The van der Waals surface area contributed by atoms with Crippen LogP contribution in [0.4, 0.5) is 5.69 Å². The summed E-state index contributed by atoms with van der Waals surface area (Å²) in [5.41, 5.74) is -0.615. The van der Waals surface area contributed by atoms with Crippen LogP contribution in [0, 0.1) is 15.5 Å². The first-order valence-electron chi connectivity index (χ1n) is 7.43. The highest BCUT2D eigenvalue weighted by Crippen LogP contribution is 2.28. The average molecular weight is 323 g/mol. The summed E-state index contributed by atoms with van der Waals surface area (Å²) in [4.78, 5) is 34.4. The maximum absolute atomic E-state index is 12.1. The molecule has 0 radical (unpaired) electrons. The molecule has 0 N–H and O–H groups in total. The van der Waals surface area contributed by atoms with E-state index in [1.54, 1.807) is 26.0 Å². The molecule has 0 saturated carbocycles. The lowest BCUT2D eigenvalue weighted by Gasteiger charge is -2.24. The highest BCUT2D eigenvalue weighted by molar-refractivity contribution is 5.99. The Morgan fingerprint density at radius 3 is 1.96 bits per heavy atom. The summed E-state index contributed by atoms with van der Waals surface area (Å²) in [5.74, 6) is -1.25. The third-order valence-corrected chi connectivity index (χ3v) is 3.51. The molecule has 1 rings (SSSR count). The molecule has 1 aromatic rings. The minimum absolute atomic E-state index is 0.00713. The van der Waals surface area contributed by atoms with Crippen LogP contribution < -0.4 is 0 Å². The van der Waals surface area contributed by atoms with Gasteiger partial charge in [0.05, 0.1) is 18.1 Å². The highest BCUT2D eigenvalue weighted by Gasteiger charge is 2.43. The summed E-state index contributed by atoms with van der Waals surface area (Å²) in [5, 5.41) is 10.6. The number of nitro benzene ring substituents is 1. The molecule has 0 fully saturated rings. The zero-order valence-corrected chi connectivity index (χ0v) is 13.5. The van der Waals surface area contributed by atoms with Crippen LogP contribution in [0.25, 0.3) is 0 Å². The van der Waals surface area contributed by atoms with Crippen molar-refractivity contribution >= 4 is 17.6 Å². The molecule has 0 saturated heterocycles. The van der Waals surface area contributed by atoms with Gasteiger partial charge in [0.25, 0.3) is 5.69 Å². The zero-order chi connectivity index (χ0) is 17.5. The van der Waals surface area contributed by atoms with Gasteiger partial charge in [0.15, 0.2) is 5.41 Å². The maximum atomic E-state index is 12.1. The number of benzene rings is 1. The number of nitrogens with zero attached hydrogens (tertiary/aromatic N) is 1. The number of carbonyl (C=O) groups is 2. The molecule has 7 nitrogen and oxygen atoms in total. The lowest BCUT2D eigenvalue weighted by atomic mass is 9.84. The van der Waals surface area contributed by atoms with Crippen molar-refractivity contribution in [1.29, 1.82) is 0 Å². The molecule has 1 aromatic carbocycles. The molecular weight excluding hydrogens is 302 g/mol. The summed E-state index contributed by atoms with van der Waals surface area (Å²) in [6.07, 6.45) is 0.592. The molecule has 126 valence electrons. The van der Waals surface area contributed by atoms with E-state index in [1.165, 1.54) is 19.1 Å². The van der Waals surface area contributed by atoms with E-state index < -0.39 is 22.3 Å². The van der Waals surface area contributed by atoms with Crippen molar-refractivity contribution in [2.75, 3.05) is 13.2 Å². The van der Waals surface area contributed by atoms with Gasteiger partial charge >= 0.3 is 11.9 Å². The van der Waals surface area contributed by atoms with Crippen molar-refractivity contribution < 1.29 is 24.0 Å². The van der Waals surface area contributed by atoms with E-state index in [9.17, 15) is 19.7 Å². The summed E-state index contributed by atoms with van der Waals surface area (Å²) in [6, 6.07) is 5.99. The number of hydrogen-bond donors (Lipinski definition) is 0. The monoisotopic (exact) mass is 323 g/mol. The van der Waals surface area contributed by atoms with Crippen molar-refractivity contribution in [2.24, 2.45) is 5.41 Å². The lowest BCUT2D eigenvalue weighted by Crippen LogP contribution is -2.40. The molecule has 0 aliphatic carbocycles. The molecule has 0 aliphatic rings. The molecular formula is C16H21NO6. The van der Waals surface area contributed by atoms with E-state index in [4.69, 9.17) is 9.47 Å². The number of non-ortho nitro benzene ring substituents is 1. The topological polar surface area (TPSA) is 95.7 Å². The van der Waals surface area contributed by atoms with Gasteiger partial charge in [-0.05, 0) is 39.2 Å². The first kappa shape index (κ1) is 18.6. The standard InChI is InChI=1S/C16H21NO6/c1-4-22-14(18)16(3,15(19)23-5-2)11-10-12-6-8-13(9-7-12)17(20)21/h6-9H,4-5,10-11H2,1-3H3. The van der Waals surface area contributed by atoms with E-state index in [2.05, 4.69) is 0 Å². The van der Waals surface area contributed by atoms with Crippen molar-refractivity contribution in [3.8, 4) is 0 Å². The minimum atomic E-state index is -1.40. The molecule has 0 aromatic heterocycles. The van der Waals surface area contributed by atoms with Gasteiger partial charge < -0.3 is 9.47 Å². The second-order valence-electron chi connectivity index (χ2n) is 5.20. The van der Waals surface area contributed by atoms with Gasteiger partial charge in [-0.2, -0.15) is 0 Å². The molecule has 0 heterocycles. The number of carbonyl (C=O) groups excluding carboxylic acids is 2. The SMILES string of the molecule is CCOC(=O)C(C)(CCc1ccc([N+](=O)[O-])cc1)C(=O)OCC. The second-order valence-corrected chi connectivity index (χ2v) is 5.20. The minimum Gasteiger partial charge on any atom is -0.465 e. The van der Waals surface area contributed by atoms with Gasteiger partial charge in [-0.1, -0.05) is 12.1 Å². The molecule has 23 heavy (non-hydrogen) atoms. The normalized spacial score (nSPS) is 10.9. The Balaban J connectivity index is 2.86. The Hall–Kier alpha value is -2.44. The molecule has 0 bridgehead atoms. The van der Waals surface area contributed by atoms with Crippen LogP contribution in [0.2, 0.25) is 0 Å². The third kappa shape index (κ3) is 4.77. The average Bonchev–Trinajstić information content (AvgIpc) is 2.53. The number of nitro groups is 1. The van der Waals surface area contributed by atoms with Crippen molar-refractivity contribution in [1.82, 2.24) is 0 Å². The summed E-state index contributed by atoms with van der Waals surface area (Å²) in [6.45, 7) is 5.17. The Kier molecular flexibility index (Phi) is 6.68. The van der Waals surface area contributed by atoms with Crippen molar-refractivity contribution in [3.05, 3.63) is 39.9 Å². The summed E-state index contributed by atoms with van der Waals surface area (Å²) >= 11 is 0. The summed E-state index contributed by atoms with van der Waals surface area (Å²) in [7, 11) is 0. The first-order valence-corrected chi connectivity index (χ1v) is 7.43. The molecule has 0 spiro atoms. The van der Waals surface area contributed by atoms with E-state index in [0.29, 0.717) is 6.42 Å². The van der Waals surface area contributed by atoms with Gasteiger partial charge in [-0.25, -0.2) is 0 Å². The number of esters is 2. The fourth-order valence-electron chi connectivity index (χ4n) is 2.05. The maximum Gasteiger partial charge on any atom is 0.323 e. The van der Waals surface area contributed by atoms with Crippen LogP contribution in [0.15, 0.2) is 24.3 Å². The van der Waals surface area contributed by atoms with Gasteiger partial charge in [0.2, 0.25) is 0 Å². The van der Waals surface area contributed by atoms with Crippen LogP contribution in [-0.4, -0.2) is 30.1 Å². The quantitative estimate of drug-likeness (QED) is 0.316. The van der Waals surface area contributed by atoms with Crippen LogP contribution in [-0.2, 0) is 25.5 Å². The van der Waals surface area contributed by atoms with Crippen LogP contribution in [0.1, 0.15) is 32.8 Å². The van der Waals surface area contributed by atoms with Crippen LogP contribution >= 0.6 is 0 Å². The van der Waals surface area contributed by atoms with Gasteiger partial charge in [0, 0.05) is 12.1 Å².